The zero-order valence-electron chi connectivity index (χ0n) is 10.5. The molecule has 0 spiro atoms. The lowest BCUT2D eigenvalue weighted by Crippen LogP contribution is -2.17. The first-order valence-corrected chi connectivity index (χ1v) is 6.15. The molecule has 1 heterocycles. The second kappa shape index (κ2) is 6.02. The number of hydrogen-bond acceptors (Lipinski definition) is 3. The standard InChI is InChI=1S/C14H8ClF3N2O/c15-11-7-9(5-6-19)8-20-13(11)10-3-1-2-4-12(10)21-14(16,17)18/h1-4,7-8H,5H2. The number of alkyl halides is 3. The quantitative estimate of drug-likeness (QED) is 0.845. The summed E-state index contributed by atoms with van der Waals surface area (Å²) in [5.41, 5.74) is 0.877. The van der Waals surface area contributed by atoms with Crippen molar-refractivity contribution < 1.29 is 17.9 Å². The maximum absolute atomic E-state index is 12.4. The topological polar surface area (TPSA) is 45.9 Å². The van der Waals surface area contributed by atoms with Gasteiger partial charge in [-0.05, 0) is 23.8 Å². The second-order valence-corrected chi connectivity index (χ2v) is 4.46. The van der Waals surface area contributed by atoms with Crippen LogP contribution in [0.4, 0.5) is 13.2 Å². The minimum absolute atomic E-state index is 0.119. The molecule has 3 nitrogen and oxygen atoms in total. The van der Waals surface area contributed by atoms with Gasteiger partial charge in [0.25, 0.3) is 0 Å². The van der Waals surface area contributed by atoms with E-state index in [4.69, 9.17) is 16.9 Å². The summed E-state index contributed by atoms with van der Waals surface area (Å²) in [6.07, 6.45) is -3.29. The monoisotopic (exact) mass is 312 g/mol. The molecule has 2 rings (SSSR count). The van der Waals surface area contributed by atoms with Crippen molar-refractivity contribution in [2.24, 2.45) is 0 Å². The van der Waals surface area contributed by atoms with Gasteiger partial charge >= 0.3 is 6.36 Å². The maximum atomic E-state index is 12.4. The van der Waals surface area contributed by atoms with E-state index in [0.29, 0.717) is 5.56 Å². The van der Waals surface area contributed by atoms with E-state index in [1.165, 1.54) is 30.5 Å². The van der Waals surface area contributed by atoms with Crippen molar-refractivity contribution in [2.45, 2.75) is 12.8 Å². The predicted molar refractivity (Wildman–Crippen MR) is 70.7 cm³/mol. The van der Waals surface area contributed by atoms with Crippen molar-refractivity contribution in [3.63, 3.8) is 0 Å². The molecule has 0 aliphatic heterocycles. The molecule has 108 valence electrons. The third kappa shape index (κ3) is 3.86. The minimum atomic E-state index is -4.80. The van der Waals surface area contributed by atoms with Gasteiger partial charge in [0.2, 0.25) is 0 Å². The van der Waals surface area contributed by atoms with E-state index >= 15 is 0 Å². The van der Waals surface area contributed by atoms with Gasteiger partial charge in [0.1, 0.15) is 5.75 Å². The van der Waals surface area contributed by atoms with Crippen molar-refractivity contribution in [2.75, 3.05) is 0 Å². The highest BCUT2D eigenvalue weighted by Crippen LogP contribution is 2.36. The van der Waals surface area contributed by atoms with E-state index in [9.17, 15) is 13.2 Å². The number of ether oxygens (including phenoxy) is 1. The molecule has 0 atom stereocenters. The fourth-order valence-corrected chi connectivity index (χ4v) is 2.03. The normalized spacial score (nSPS) is 11.0. The van der Waals surface area contributed by atoms with Crippen LogP contribution >= 0.6 is 11.6 Å². The lowest BCUT2D eigenvalue weighted by molar-refractivity contribution is -0.274. The van der Waals surface area contributed by atoms with Gasteiger partial charge in [-0.2, -0.15) is 5.26 Å². The molecule has 0 fully saturated rings. The molecule has 0 saturated heterocycles. The summed E-state index contributed by atoms with van der Waals surface area (Å²) < 4.78 is 41.1. The summed E-state index contributed by atoms with van der Waals surface area (Å²) in [5.74, 6) is -0.382. The lowest BCUT2D eigenvalue weighted by Gasteiger charge is -2.13. The zero-order valence-corrected chi connectivity index (χ0v) is 11.2. The fraction of sp³-hybridized carbons (Fsp3) is 0.143. The van der Waals surface area contributed by atoms with Crippen LogP contribution in [0.25, 0.3) is 11.3 Å². The van der Waals surface area contributed by atoms with Gasteiger partial charge in [0, 0.05) is 11.8 Å². The number of nitriles is 1. The summed E-state index contributed by atoms with van der Waals surface area (Å²) in [6.45, 7) is 0. The number of pyridine rings is 1. The Labute approximate surface area is 123 Å². The van der Waals surface area contributed by atoms with Gasteiger partial charge in [0.05, 0.1) is 23.2 Å². The van der Waals surface area contributed by atoms with Crippen LogP contribution in [0.5, 0.6) is 5.75 Å². The summed E-state index contributed by atoms with van der Waals surface area (Å²) in [4.78, 5) is 4.03. The van der Waals surface area contributed by atoms with E-state index in [1.807, 2.05) is 6.07 Å². The fourth-order valence-electron chi connectivity index (χ4n) is 1.74. The first-order chi connectivity index (χ1) is 9.90. The molecule has 1 aromatic heterocycles. The van der Waals surface area contributed by atoms with Crippen LogP contribution in [-0.2, 0) is 6.42 Å². The van der Waals surface area contributed by atoms with Gasteiger partial charge in [0.15, 0.2) is 0 Å². The molecule has 0 N–H and O–H groups in total. The van der Waals surface area contributed by atoms with E-state index in [1.54, 1.807) is 6.07 Å². The Morgan fingerprint density at radius 1 is 1.29 bits per heavy atom. The first-order valence-electron chi connectivity index (χ1n) is 5.77. The van der Waals surface area contributed by atoms with Crippen molar-refractivity contribution >= 4 is 11.6 Å². The number of halogens is 4. The number of hydrogen-bond donors (Lipinski definition) is 0. The lowest BCUT2D eigenvalue weighted by atomic mass is 10.1. The van der Waals surface area contributed by atoms with E-state index < -0.39 is 6.36 Å². The molecular weight excluding hydrogens is 305 g/mol. The van der Waals surface area contributed by atoms with Crippen LogP contribution in [0, 0.1) is 11.3 Å². The van der Waals surface area contributed by atoms with E-state index in [0.717, 1.165) is 0 Å². The van der Waals surface area contributed by atoms with Crippen molar-refractivity contribution in [1.82, 2.24) is 4.98 Å². The molecule has 1 aromatic carbocycles. The molecule has 0 unspecified atom stereocenters. The van der Waals surface area contributed by atoms with Gasteiger partial charge in [-0.25, -0.2) is 0 Å². The van der Waals surface area contributed by atoms with Crippen molar-refractivity contribution in [1.29, 1.82) is 5.26 Å². The number of rotatable bonds is 3. The third-order valence-corrected chi connectivity index (χ3v) is 2.84. The summed E-state index contributed by atoms with van der Waals surface area (Å²) in [5, 5.41) is 8.76. The van der Waals surface area contributed by atoms with Crippen LogP contribution in [-0.4, -0.2) is 11.3 Å². The Bertz CT molecular complexity index is 695. The summed E-state index contributed by atoms with van der Waals surface area (Å²) >= 11 is 6.03. The molecule has 0 aliphatic rings. The van der Waals surface area contributed by atoms with Crippen LogP contribution in [0.15, 0.2) is 36.5 Å². The highest BCUT2D eigenvalue weighted by atomic mass is 35.5. The van der Waals surface area contributed by atoms with Crippen LogP contribution in [0.2, 0.25) is 5.02 Å². The molecule has 0 amide bonds. The van der Waals surface area contributed by atoms with Gasteiger partial charge in [-0.1, -0.05) is 23.7 Å². The maximum Gasteiger partial charge on any atom is 0.573 e. The largest absolute Gasteiger partial charge is 0.573 e. The first kappa shape index (κ1) is 15.1. The van der Waals surface area contributed by atoms with E-state index in [2.05, 4.69) is 9.72 Å². The molecular formula is C14H8ClF3N2O. The Hall–Kier alpha value is -2.26. The van der Waals surface area contributed by atoms with Crippen molar-refractivity contribution in [3.8, 4) is 23.1 Å². The Kier molecular flexibility index (Phi) is 4.34. The van der Waals surface area contributed by atoms with Crippen molar-refractivity contribution in [3.05, 3.63) is 47.1 Å². The smallest absolute Gasteiger partial charge is 0.405 e. The SMILES string of the molecule is N#CCc1cnc(-c2ccccc2OC(F)(F)F)c(Cl)c1. The average molecular weight is 313 g/mol. The molecule has 7 heteroatoms. The predicted octanol–water partition coefficient (Wildman–Crippen LogP) is 4.37. The Morgan fingerprint density at radius 3 is 2.62 bits per heavy atom. The number of nitrogens with zero attached hydrogens (tertiary/aromatic N) is 2. The number of aromatic nitrogens is 1. The molecule has 21 heavy (non-hydrogen) atoms. The molecule has 0 aliphatic carbocycles. The van der Waals surface area contributed by atoms with Crippen LogP contribution in [0.3, 0.4) is 0 Å². The zero-order chi connectivity index (χ0) is 15.5. The third-order valence-electron chi connectivity index (χ3n) is 2.55. The summed E-state index contributed by atoms with van der Waals surface area (Å²) in [7, 11) is 0. The molecule has 2 aromatic rings. The Balaban J connectivity index is 2.45. The Morgan fingerprint density at radius 2 is 2.00 bits per heavy atom. The number of para-hydroxylation sites is 1. The highest BCUT2D eigenvalue weighted by Gasteiger charge is 2.32. The van der Waals surface area contributed by atoms with Gasteiger partial charge < -0.3 is 4.74 Å². The van der Waals surface area contributed by atoms with Crippen LogP contribution < -0.4 is 4.74 Å². The van der Waals surface area contributed by atoms with E-state index in [-0.39, 0.29) is 28.5 Å². The second-order valence-electron chi connectivity index (χ2n) is 4.05. The van der Waals surface area contributed by atoms with Gasteiger partial charge in [-0.3, -0.25) is 4.98 Å². The van der Waals surface area contributed by atoms with Crippen LogP contribution in [0.1, 0.15) is 5.56 Å². The highest BCUT2D eigenvalue weighted by molar-refractivity contribution is 6.33. The number of benzene rings is 1. The molecule has 0 bridgehead atoms. The van der Waals surface area contributed by atoms with Gasteiger partial charge in [-0.15, -0.1) is 13.2 Å². The summed E-state index contributed by atoms with van der Waals surface area (Å²) in [6, 6.07) is 9.03. The minimum Gasteiger partial charge on any atom is -0.405 e. The average Bonchev–Trinajstić information content (AvgIpc) is 2.39. The molecule has 0 saturated carbocycles. The molecule has 0 radical (unpaired) electrons.